The highest BCUT2D eigenvalue weighted by atomic mass is 32.1. The minimum Gasteiger partial charge on any atom is -0.496 e. The average Bonchev–Trinajstić information content (AvgIpc) is 3.26. The fourth-order valence-corrected chi connectivity index (χ4v) is 3.83. The van der Waals surface area contributed by atoms with Crippen LogP contribution in [0.25, 0.3) is 0 Å². The van der Waals surface area contributed by atoms with Crippen LogP contribution in [0.1, 0.15) is 26.4 Å². The summed E-state index contributed by atoms with van der Waals surface area (Å²) in [5.41, 5.74) is 2.00. The quantitative estimate of drug-likeness (QED) is 0.426. The molecule has 0 bridgehead atoms. The van der Waals surface area contributed by atoms with Crippen LogP contribution >= 0.6 is 11.3 Å². The van der Waals surface area contributed by atoms with Crippen LogP contribution in [-0.2, 0) is 11.2 Å². The van der Waals surface area contributed by atoms with Gasteiger partial charge in [-0.2, -0.15) is 0 Å². The van der Waals surface area contributed by atoms with Crippen LogP contribution in [0, 0.1) is 6.92 Å². The van der Waals surface area contributed by atoms with E-state index in [-0.39, 0.29) is 5.78 Å². The predicted octanol–water partition coefficient (Wildman–Crippen LogP) is 4.23. The zero-order chi connectivity index (χ0) is 23.8. The third-order valence-corrected chi connectivity index (χ3v) is 5.59. The fourth-order valence-electron chi connectivity index (χ4n) is 3.02. The Hall–Kier alpha value is -3.92. The zero-order valence-electron chi connectivity index (χ0n) is 18.4. The van der Waals surface area contributed by atoms with E-state index in [0.29, 0.717) is 40.7 Å². The number of carbonyl (C=O) groups excluding carboxylic acids is 3. The minimum absolute atomic E-state index is 0.263. The second-order valence-corrected chi connectivity index (χ2v) is 8.07. The molecule has 9 nitrogen and oxygen atoms in total. The summed E-state index contributed by atoms with van der Waals surface area (Å²) in [5.74, 6) is 0.192. The van der Waals surface area contributed by atoms with E-state index in [2.05, 4.69) is 25.7 Å². The van der Waals surface area contributed by atoms with Gasteiger partial charge in [0.05, 0.1) is 25.5 Å². The van der Waals surface area contributed by atoms with Crippen molar-refractivity contribution < 1.29 is 23.9 Å². The number of nitrogens with zero attached hydrogens (tertiary/aromatic N) is 1. The molecule has 1 heterocycles. The van der Waals surface area contributed by atoms with E-state index in [1.54, 1.807) is 42.6 Å². The molecule has 10 heteroatoms. The number of nitrogens with one attached hydrogen (secondary N) is 3. The van der Waals surface area contributed by atoms with Gasteiger partial charge in [-0.25, -0.2) is 14.6 Å². The standard InChI is InChI=1S/C23H24N4O5S/c1-14-8-9-18(17(12-14)20(28)16-6-4-5-7-19(16)31-2)26-21(29)27-22-25-13-15(33-22)10-11-24-23(30)32-3/h4-9,12-13H,10-11H2,1-3H3,(H,24,30)(H2,25,26,27,29). The molecule has 0 aliphatic heterocycles. The van der Waals surface area contributed by atoms with Crippen molar-refractivity contribution in [2.75, 3.05) is 31.4 Å². The second-order valence-electron chi connectivity index (χ2n) is 6.96. The lowest BCUT2D eigenvalue weighted by molar-refractivity contribution is 0.103. The third kappa shape index (κ3) is 6.30. The van der Waals surface area contributed by atoms with Crippen molar-refractivity contribution in [1.29, 1.82) is 0 Å². The topological polar surface area (TPSA) is 119 Å². The van der Waals surface area contributed by atoms with Gasteiger partial charge >= 0.3 is 12.1 Å². The lowest BCUT2D eigenvalue weighted by Gasteiger charge is -2.13. The van der Waals surface area contributed by atoms with Gasteiger partial charge in [0.1, 0.15) is 5.75 Å². The number of urea groups is 1. The van der Waals surface area contributed by atoms with Crippen LogP contribution in [-0.4, -0.2) is 43.7 Å². The summed E-state index contributed by atoms with van der Waals surface area (Å²) in [6.45, 7) is 2.26. The van der Waals surface area contributed by atoms with E-state index < -0.39 is 12.1 Å². The number of methoxy groups -OCH3 is 2. The third-order valence-electron chi connectivity index (χ3n) is 4.62. The van der Waals surface area contributed by atoms with Crippen molar-refractivity contribution >= 4 is 40.1 Å². The van der Waals surface area contributed by atoms with Gasteiger partial charge in [-0.05, 0) is 31.2 Å². The fraction of sp³-hybridized carbons (Fsp3) is 0.217. The average molecular weight is 469 g/mol. The maximum Gasteiger partial charge on any atom is 0.406 e. The molecule has 0 atom stereocenters. The highest BCUT2D eigenvalue weighted by molar-refractivity contribution is 7.15. The van der Waals surface area contributed by atoms with E-state index in [1.807, 2.05) is 13.0 Å². The summed E-state index contributed by atoms with van der Waals surface area (Å²) in [6, 6.07) is 11.6. The lowest BCUT2D eigenvalue weighted by atomic mass is 9.99. The minimum atomic E-state index is -0.526. The molecule has 33 heavy (non-hydrogen) atoms. The van der Waals surface area contributed by atoms with Crippen molar-refractivity contribution in [3.05, 3.63) is 70.2 Å². The van der Waals surface area contributed by atoms with Crippen molar-refractivity contribution in [2.24, 2.45) is 0 Å². The highest BCUT2D eigenvalue weighted by Crippen LogP contribution is 2.26. The number of aryl methyl sites for hydroxylation is 1. The van der Waals surface area contributed by atoms with Crippen molar-refractivity contribution in [1.82, 2.24) is 10.3 Å². The lowest BCUT2D eigenvalue weighted by Crippen LogP contribution is -2.25. The Morgan fingerprint density at radius 1 is 1.03 bits per heavy atom. The number of para-hydroxylation sites is 1. The molecule has 2 aromatic carbocycles. The Balaban J connectivity index is 1.69. The number of benzene rings is 2. The molecule has 0 saturated heterocycles. The summed E-state index contributed by atoms with van der Waals surface area (Å²) in [7, 11) is 2.80. The zero-order valence-corrected chi connectivity index (χ0v) is 19.2. The van der Waals surface area contributed by atoms with E-state index in [9.17, 15) is 14.4 Å². The number of amides is 3. The highest BCUT2D eigenvalue weighted by Gasteiger charge is 2.19. The van der Waals surface area contributed by atoms with Crippen molar-refractivity contribution in [3.8, 4) is 5.75 Å². The normalized spacial score (nSPS) is 10.3. The predicted molar refractivity (Wildman–Crippen MR) is 126 cm³/mol. The van der Waals surface area contributed by atoms with Crippen molar-refractivity contribution in [3.63, 3.8) is 0 Å². The van der Waals surface area contributed by atoms with Crippen LogP contribution in [0.4, 0.5) is 20.4 Å². The van der Waals surface area contributed by atoms with Crippen LogP contribution in [0.3, 0.4) is 0 Å². The molecular formula is C23H24N4O5S. The van der Waals surface area contributed by atoms with Crippen LogP contribution in [0.15, 0.2) is 48.7 Å². The monoisotopic (exact) mass is 468 g/mol. The maximum absolute atomic E-state index is 13.2. The number of thiazole rings is 1. The molecular weight excluding hydrogens is 444 g/mol. The molecule has 0 saturated carbocycles. The number of ether oxygens (including phenoxy) is 2. The molecule has 3 amide bonds. The summed E-state index contributed by atoms with van der Waals surface area (Å²) in [4.78, 5) is 42.0. The molecule has 3 aromatic rings. The van der Waals surface area contributed by atoms with Crippen LogP contribution in [0.2, 0.25) is 0 Å². The van der Waals surface area contributed by atoms with Gasteiger partial charge < -0.3 is 20.1 Å². The summed E-state index contributed by atoms with van der Waals surface area (Å²) >= 11 is 1.29. The first-order chi connectivity index (χ1) is 15.9. The molecule has 0 aliphatic rings. The smallest absolute Gasteiger partial charge is 0.406 e. The number of ketones is 1. The molecule has 3 rings (SSSR count). The molecule has 0 fully saturated rings. The number of alkyl carbamates (subject to hydrolysis) is 1. The largest absolute Gasteiger partial charge is 0.496 e. The number of anilines is 2. The summed E-state index contributed by atoms with van der Waals surface area (Å²) in [6.07, 6.45) is 1.67. The van der Waals surface area contributed by atoms with Crippen LogP contribution < -0.4 is 20.7 Å². The van der Waals surface area contributed by atoms with Gasteiger partial charge in [0.25, 0.3) is 0 Å². The second kappa shape index (κ2) is 11.1. The number of aromatic nitrogens is 1. The van der Waals surface area contributed by atoms with E-state index in [4.69, 9.17) is 4.74 Å². The van der Waals surface area contributed by atoms with Gasteiger partial charge in [0.15, 0.2) is 10.9 Å². The van der Waals surface area contributed by atoms with Crippen molar-refractivity contribution in [2.45, 2.75) is 13.3 Å². The number of hydrogen-bond acceptors (Lipinski definition) is 7. The van der Waals surface area contributed by atoms with Crippen LogP contribution in [0.5, 0.6) is 5.75 Å². The molecule has 0 radical (unpaired) electrons. The van der Waals surface area contributed by atoms with Gasteiger partial charge in [-0.15, -0.1) is 11.3 Å². The van der Waals surface area contributed by atoms with E-state index in [1.165, 1.54) is 25.6 Å². The first-order valence-electron chi connectivity index (χ1n) is 10.0. The molecule has 0 aliphatic carbocycles. The van der Waals surface area contributed by atoms with Gasteiger partial charge in [0.2, 0.25) is 0 Å². The Morgan fingerprint density at radius 3 is 2.58 bits per heavy atom. The van der Waals surface area contributed by atoms with Gasteiger partial charge in [-0.1, -0.05) is 23.8 Å². The van der Waals surface area contributed by atoms with E-state index >= 15 is 0 Å². The Morgan fingerprint density at radius 2 is 1.82 bits per heavy atom. The first kappa shape index (κ1) is 23.7. The number of rotatable bonds is 8. The Labute approximate surface area is 195 Å². The molecule has 0 spiro atoms. The number of hydrogen-bond donors (Lipinski definition) is 3. The molecule has 3 N–H and O–H groups in total. The SMILES string of the molecule is COC(=O)NCCc1cnc(NC(=O)Nc2ccc(C)cc2C(=O)c2ccccc2OC)s1. The Bertz CT molecular complexity index is 1160. The Kier molecular flexibility index (Phi) is 7.98. The van der Waals surface area contributed by atoms with E-state index in [0.717, 1.165) is 10.4 Å². The first-order valence-corrected chi connectivity index (χ1v) is 10.9. The maximum atomic E-state index is 13.2. The number of carbonyl (C=O) groups is 3. The summed E-state index contributed by atoms with van der Waals surface area (Å²) < 4.78 is 9.83. The molecule has 172 valence electrons. The summed E-state index contributed by atoms with van der Waals surface area (Å²) in [5, 5.41) is 8.38. The van der Waals surface area contributed by atoms with Gasteiger partial charge in [-0.3, -0.25) is 10.1 Å². The molecule has 1 aromatic heterocycles. The molecule has 0 unspecified atom stereocenters. The van der Waals surface area contributed by atoms with Gasteiger partial charge in [0, 0.05) is 29.6 Å².